The van der Waals surface area contributed by atoms with E-state index in [0.29, 0.717) is 6.42 Å². The molecule has 2 rings (SSSR count). The van der Waals surface area contributed by atoms with Gasteiger partial charge >= 0.3 is 17.8 Å². The van der Waals surface area contributed by atoms with Gasteiger partial charge in [-0.3, -0.25) is 19.3 Å². The Hall–Kier alpha value is -1.98. The molecule has 6 nitrogen and oxygen atoms in total. The molecule has 20 heavy (non-hydrogen) atoms. The summed E-state index contributed by atoms with van der Waals surface area (Å²) in [5.41, 5.74) is 1.23. The zero-order valence-corrected chi connectivity index (χ0v) is 11.6. The lowest BCUT2D eigenvalue weighted by Crippen LogP contribution is -2.36. The normalized spacial score (nSPS) is 19.6. The fourth-order valence-electron chi connectivity index (χ4n) is 2.50. The summed E-state index contributed by atoms with van der Waals surface area (Å²) in [5, 5.41) is 0. The minimum Gasteiger partial charge on any atom is -0.298 e. The van der Waals surface area contributed by atoms with Gasteiger partial charge in [0, 0.05) is 6.54 Å². The predicted molar refractivity (Wildman–Crippen MR) is 70.7 cm³/mol. The van der Waals surface area contributed by atoms with Gasteiger partial charge in [-0.25, -0.2) is 9.69 Å². The molecule has 0 radical (unpaired) electrons. The first-order chi connectivity index (χ1) is 9.50. The van der Waals surface area contributed by atoms with Crippen LogP contribution in [-0.2, 0) is 14.4 Å². The van der Waals surface area contributed by atoms with Crippen LogP contribution in [0.2, 0.25) is 0 Å². The number of amides is 4. The molecule has 0 N–H and O–H groups in total. The second kappa shape index (κ2) is 5.98. The van der Waals surface area contributed by atoms with Crippen LogP contribution in [0.5, 0.6) is 0 Å². The van der Waals surface area contributed by atoms with E-state index in [1.807, 2.05) is 0 Å². The third-order valence-electron chi connectivity index (χ3n) is 3.56. The van der Waals surface area contributed by atoms with E-state index in [2.05, 4.69) is 6.08 Å². The van der Waals surface area contributed by atoms with Gasteiger partial charge in [0.15, 0.2) is 0 Å². The highest BCUT2D eigenvalue weighted by Gasteiger charge is 2.44. The lowest BCUT2D eigenvalue weighted by Gasteiger charge is -2.17. The Kier molecular flexibility index (Phi) is 4.32. The highest BCUT2D eigenvalue weighted by atomic mass is 16.2. The van der Waals surface area contributed by atoms with Crippen molar-refractivity contribution in [3.8, 4) is 0 Å². The summed E-state index contributed by atoms with van der Waals surface area (Å²) in [4.78, 5) is 48.1. The monoisotopic (exact) mass is 278 g/mol. The average Bonchev–Trinajstić information content (AvgIpc) is 2.62. The maximum atomic E-state index is 12.0. The Morgan fingerprint density at radius 2 is 1.85 bits per heavy atom. The fourth-order valence-corrected chi connectivity index (χ4v) is 2.50. The van der Waals surface area contributed by atoms with Crippen molar-refractivity contribution in [3.63, 3.8) is 0 Å². The minimum absolute atomic E-state index is 0.212. The lowest BCUT2D eigenvalue weighted by molar-refractivity contribution is -0.143. The van der Waals surface area contributed by atoms with E-state index < -0.39 is 17.8 Å². The number of urea groups is 1. The molecule has 4 amide bonds. The largest absolute Gasteiger partial charge is 0.334 e. The number of rotatable bonds is 5. The molecule has 6 heteroatoms. The summed E-state index contributed by atoms with van der Waals surface area (Å²) in [7, 11) is 0. The Bertz CT molecular complexity index is 495. The van der Waals surface area contributed by atoms with Crippen molar-refractivity contribution < 1.29 is 19.2 Å². The average molecular weight is 278 g/mol. The summed E-state index contributed by atoms with van der Waals surface area (Å²) < 4.78 is 0. The fraction of sp³-hybridized carbons (Fsp3) is 0.571. The van der Waals surface area contributed by atoms with Crippen molar-refractivity contribution in [2.24, 2.45) is 0 Å². The Labute approximate surface area is 117 Å². The first-order valence-corrected chi connectivity index (χ1v) is 6.85. The van der Waals surface area contributed by atoms with Crippen LogP contribution in [0.3, 0.4) is 0 Å². The second-order valence-corrected chi connectivity index (χ2v) is 5.19. The number of ketones is 1. The topological polar surface area (TPSA) is 74.8 Å². The van der Waals surface area contributed by atoms with E-state index in [1.165, 1.54) is 18.9 Å². The molecule has 1 aliphatic carbocycles. The minimum atomic E-state index is -0.900. The highest BCUT2D eigenvalue weighted by Crippen LogP contribution is 2.21. The smallest absolute Gasteiger partial charge is 0.298 e. The van der Waals surface area contributed by atoms with Gasteiger partial charge in [-0.2, -0.15) is 0 Å². The Morgan fingerprint density at radius 3 is 2.45 bits per heavy atom. The van der Waals surface area contributed by atoms with Crippen LogP contribution in [0.25, 0.3) is 0 Å². The summed E-state index contributed by atoms with van der Waals surface area (Å²) in [5.74, 6) is -2.05. The maximum Gasteiger partial charge on any atom is 0.334 e. The van der Waals surface area contributed by atoms with E-state index in [1.54, 1.807) is 0 Å². The Morgan fingerprint density at radius 1 is 1.15 bits per heavy atom. The highest BCUT2D eigenvalue weighted by molar-refractivity contribution is 6.45. The van der Waals surface area contributed by atoms with Crippen LogP contribution in [0, 0.1) is 0 Å². The van der Waals surface area contributed by atoms with Crippen molar-refractivity contribution in [1.29, 1.82) is 0 Å². The molecule has 0 unspecified atom stereocenters. The molecule has 0 aromatic carbocycles. The van der Waals surface area contributed by atoms with Crippen LogP contribution in [-0.4, -0.2) is 46.5 Å². The zero-order chi connectivity index (χ0) is 14.7. The van der Waals surface area contributed by atoms with Gasteiger partial charge in [-0.05, 0) is 39.0 Å². The second-order valence-electron chi connectivity index (χ2n) is 5.19. The number of carbonyl (C=O) groups excluding carboxylic acids is 4. The molecule has 1 fully saturated rings. The van der Waals surface area contributed by atoms with Crippen molar-refractivity contribution >= 4 is 23.6 Å². The summed E-state index contributed by atoms with van der Waals surface area (Å²) in [6, 6.07) is -0.674. The summed E-state index contributed by atoms with van der Waals surface area (Å²) in [6.07, 6.45) is 7.08. The molecule has 2 aliphatic rings. The SMILES string of the molecule is CC(=O)CN1C(=O)C(=O)N(CCC2=CCCCC2)C1=O. The molecule has 1 aliphatic heterocycles. The van der Waals surface area contributed by atoms with E-state index in [9.17, 15) is 19.2 Å². The van der Waals surface area contributed by atoms with Crippen molar-refractivity contribution in [1.82, 2.24) is 9.80 Å². The molecule has 0 saturated carbocycles. The summed E-state index contributed by atoms with van der Waals surface area (Å²) >= 11 is 0. The van der Waals surface area contributed by atoms with Crippen molar-refractivity contribution in [2.45, 2.75) is 39.0 Å². The number of nitrogens with zero attached hydrogens (tertiary/aromatic N) is 2. The number of carbonyl (C=O) groups is 4. The quantitative estimate of drug-likeness (QED) is 0.431. The predicted octanol–water partition coefficient (Wildman–Crippen LogP) is 1.26. The number of hydrogen-bond donors (Lipinski definition) is 0. The third-order valence-corrected chi connectivity index (χ3v) is 3.56. The summed E-state index contributed by atoms with van der Waals surface area (Å²) in [6.45, 7) is 1.16. The first-order valence-electron chi connectivity index (χ1n) is 6.85. The van der Waals surface area contributed by atoms with Crippen LogP contribution in [0.15, 0.2) is 11.6 Å². The zero-order valence-electron chi connectivity index (χ0n) is 11.6. The van der Waals surface area contributed by atoms with E-state index in [-0.39, 0.29) is 18.9 Å². The number of Topliss-reactive ketones (excluding diaryl/α,β-unsaturated/α-hetero) is 1. The van der Waals surface area contributed by atoms with Gasteiger partial charge in [0.2, 0.25) is 0 Å². The number of allylic oxidation sites excluding steroid dienone is 1. The van der Waals surface area contributed by atoms with Crippen LogP contribution in [0.1, 0.15) is 39.0 Å². The van der Waals surface area contributed by atoms with Gasteiger partial charge in [0.1, 0.15) is 5.78 Å². The van der Waals surface area contributed by atoms with Gasteiger partial charge in [-0.1, -0.05) is 11.6 Å². The first kappa shape index (κ1) is 14.4. The van der Waals surface area contributed by atoms with Crippen LogP contribution in [0.4, 0.5) is 4.79 Å². The molecule has 1 saturated heterocycles. The van der Waals surface area contributed by atoms with Gasteiger partial charge in [0.05, 0.1) is 6.54 Å². The van der Waals surface area contributed by atoms with Crippen LogP contribution >= 0.6 is 0 Å². The molecular formula is C14H18N2O4. The van der Waals surface area contributed by atoms with Gasteiger partial charge in [0.25, 0.3) is 0 Å². The van der Waals surface area contributed by atoms with Gasteiger partial charge < -0.3 is 0 Å². The van der Waals surface area contributed by atoms with E-state index in [0.717, 1.165) is 29.1 Å². The molecule has 108 valence electrons. The van der Waals surface area contributed by atoms with Crippen molar-refractivity contribution in [2.75, 3.05) is 13.1 Å². The molecule has 0 aromatic rings. The van der Waals surface area contributed by atoms with E-state index >= 15 is 0 Å². The van der Waals surface area contributed by atoms with Crippen LogP contribution < -0.4 is 0 Å². The standard InChI is InChI=1S/C14H18N2O4/c1-10(17)9-16-13(19)12(18)15(14(16)20)8-7-11-5-3-2-4-6-11/h5H,2-4,6-9H2,1H3. The van der Waals surface area contributed by atoms with Gasteiger partial charge in [-0.15, -0.1) is 0 Å². The Balaban J connectivity index is 1.99. The molecular weight excluding hydrogens is 260 g/mol. The van der Waals surface area contributed by atoms with E-state index in [4.69, 9.17) is 0 Å². The number of imide groups is 2. The lowest BCUT2D eigenvalue weighted by atomic mass is 9.97. The molecule has 0 spiro atoms. The third kappa shape index (κ3) is 2.95. The maximum absolute atomic E-state index is 12.0. The van der Waals surface area contributed by atoms with Crippen molar-refractivity contribution in [3.05, 3.63) is 11.6 Å². The molecule has 1 heterocycles. The molecule has 0 aromatic heterocycles. The molecule has 0 atom stereocenters. The number of hydrogen-bond acceptors (Lipinski definition) is 4. The molecule has 0 bridgehead atoms.